The number of nitrogens with one attached hydrogen (secondary N) is 1. The number of hydrogen-bond acceptors (Lipinski definition) is 3. The topological polar surface area (TPSA) is 35.6 Å². The van der Waals surface area contributed by atoms with E-state index in [9.17, 15) is 4.79 Å². The molecule has 0 radical (unpaired) electrons. The van der Waals surface area contributed by atoms with Crippen molar-refractivity contribution < 1.29 is 4.79 Å². The van der Waals surface area contributed by atoms with Gasteiger partial charge in [0.15, 0.2) is 0 Å². The lowest BCUT2D eigenvalue weighted by Gasteiger charge is -2.46. The second kappa shape index (κ2) is 9.91. The summed E-state index contributed by atoms with van der Waals surface area (Å²) in [6, 6.07) is 24.3. The highest BCUT2D eigenvalue weighted by molar-refractivity contribution is 6.30. The maximum absolute atomic E-state index is 12.5. The van der Waals surface area contributed by atoms with E-state index in [0.717, 1.165) is 29.1 Å². The summed E-state index contributed by atoms with van der Waals surface area (Å²) in [5.74, 6) is -0.0381. The first-order valence-electron chi connectivity index (χ1n) is 12.1. The Morgan fingerprint density at radius 3 is 2.15 bits per heavy atom. The molecule has 5 heteroatoms. The van der Waals surface area contributed by atoms with E-state index >= 15 is 0 Å². The van der Waals surface area contributed by atoms with E-state index in [-0.39, 0.29) is 5.91 Å². The van der Waals surface area contributed by atoms with Gasteiger partial charge >= 0.3 is 0 Å². The van der Waals surface area contributed by atoms with Gasteiger partial charge in [-0.1, -0.05) is 60.1 Å². The van der Waals surface area contributed by atoms with Gasteiger partial charge in [0.25, 0.3) is 5.91 Å². The van der Waals surface area contributed by atoms with Gasteiger partial charge in [-0.15, -0.1) is 0 Å². The van der Waals surface area contributed by atoms with Gasteiger partial charge < -0.3 is 10.2 Å². The molecule has 1 amide bonds. The lowest BCUT2D eigenvalue weighted by atomic mass is 9.79. The van der Waals surface area contributed by atoms with Gasteiger partial charge in [-0.25, -0.2) is 0 Å². The largest absolute Gasteiger partial charge is 0.352 e. The average Bonchev–Trinajstić information content (AvgIpc) is 3.24. The maximum Gasteiger partial charge on any atom is 0.251 e. The summed E-state index contributed by atoms with van der Waals surface area (Å²) < 4.78 is 0. The molecule has 0 aliphatic carbocycles. The maximum atomic E-state index is 12.5. The Hall–Kier alpha value is -2.66. The molecule has 0 aromatic heterocycles. The molecule has 0 saturated carbocycles. The Bertz CT molecular complexity index is 1120. The zero-order valence-corrected chi connectivity index (χ0v) is 20.5. The van der Waals surface area contributed by atoms with Crippen LogP contribution in [0.25, 0.3) is 11.1 Å². The van der Waals surface area contributed by atoms with Crippen molar-refractivity contribution in [2.24, 2.45) is 5.41 Å². The van der Waals surface area contributed by atoms with Gasteiger partial charge in [-0.2, -0.15) is 0 Å². The van der Waals surface area contributed by atoms with Crippen LogP contribution in [-0.2, 0) is 13.0 Å². The Morgan fingerprint density at radius 1 is 0.882 bits per heavy atom. The van der Waals surface area contributed by atoms with E-state index in [1.807, 2.05) is 48.5 Å². The van der Waals surface area contributed by atoms with E-state index < -0.39 is 0 Å². The molecule has 5 rings (SSSR count). The predicted octanol–water partition coefficient (Wildman–Crippen LogP) is 5.12. The number of nitrogens with zero attached hydrogens (tertiary/aromatic N) is 2. The molecule has 2 aliphatic heterocycles. The van der Waals surface area contributed by atoms with Crippen LogP contribution in [0.1, 0.15) is 27.9 Å². The van der Waals surface area contributed by atoms with E-state index in [1.165, 1.54) is 43.7 Å². The highest BCUT2D eigenvalue weighted by Gasteiger charge is 2.45. The van der Waals surface area contributed by atoms with E-state index in [2.05, 4.69) is 46.4 Å². The first kappa shape index (κ1) is 23.1. The molecule has 1 spiro atoms. The molecule has 34 heavy (non-hydrogen) atoms. The summed E-state index contributed by atoms with van der Waals surface area (Å²) in [7, 11) is 2.22. The highest BCUT2D eigenvalue weighted by atomic mass is 35.5. The molecule has 176 valence electrons. The summed E-state index contributed by atoms with van der Waals surface area (Å²) in [5, 5.41) is 3.76. The van der Waals surface area contributed by atoms with E-state index in [1.54, 1.807) is 0 Å². The van der Waals surface area contributed by atoms with Crippen LogP contribution in [0, 0.1) is 5.41 Å². The van der Waals surface area contributed by atoms with Crippen molar-refractivity contribution in [2.45, 2.75) is 19.4 Å². The van der Waals surface area contributed by atoms with Crippen molar-refractivity contribution in [3.05, 3.63) is 94.5 Å². The fourth-order valence-corrected chi connectivity index (χ4v) is 5.59. The van der Waals surface area contributed by atoms with Crippen molar-refractivity contribution in [1.29, 1.82) is 0 Å². The van der Waals surface area contributed by atoms with E-state index in [0.29, 0.717) is 17.5 Å². The van der Waals surface area contributed by atoms with Crippen LogP contribution in [0.2, 0.25) is 5.02 Å². The van der Waals surface area contributed by atoms with Crippen LogP contribution in [-0.4, -0.2) is 55.5 Å². The standard InChI is InChI=1S/C29H32ClN3O/c1-32-19-29(20-32)15-17-33(21-29)18-23-4-2-22(3-5-23)14-16-31-28(34)26-8-6-24(7-9-26)25-10-12-27(30)13-11-25/h2-13H,14-21H2,1H3,(H,31,34). The fraction of sp³-hybridized carbons (Fsp3) is 0.345. The van der Waals surface area contributed by atoms with Crippen LogP contribution in [0.5, 0.6) is 0 Å². The van der Waals surface area contributed by atoms with Crippen LogP contribution in [0.3, 0.4) is 0 Å². The van der Waals surface area contributed by atoms with Gasteiger partial charge in [-0.3, -0.25) is 9.69 Å². The number of amides is 1. The molecule has 0 unspecified atom stereocenters. The SMILES string of the molecule is CN1CC2(CCN(Cc3ccc(CCNC(=O)c4ccc(-c5ccc(Cl)cc5)cc4)cc3)C2)C1. The quantitative estimate of drug-likeness (QED) is 0.517. The molecule has 2 aliphatic rings. The lowest BCUT2D eigenvalue weighted by Crippen LogP contribution is -2.55. The van der Waals surface area contributed by atoms with Crippen molar-refractivity contribution >= 4 is 17.5 Å². The Balaban J connectivity index is 1.07. The van der Waals surface area contributed by atoms with Crippen molar-refractivity contribution in [3.8, 4) is 11.1 Å². The Morgan fingerprint density at radius 2 is 1.50 bits per heavy atom. The predicted molar refractivity (Wildman–Crippen MR) is 139 cm³/mol. The molecular weight excluding hydrogens is 442 g/mol. The van der Waals surface area contributed by atoms with Gasteiger partial charge in [0.2, 0.25) is 0 Å². The first-order valence-corrected chi connectivity index (χ1v) is 12.5. The summed E-state index contributed by atoms with van der Waals surface area (Å²) >= 11 is 5.96. The summed E-state index contributed by atoms with van der Waals surface area (Å²) in [4.78, 5) is 17.6. The zero-order valence-electron chi connectivity index (χ0n) is 19.8. The van der Waals surface area contributed by atoms with Crippen LogP contribution in [0.15, 0.2) is 72.8 Å². The van der Waals surface area contributed by atoms with Gasteiger partial charge in [0, 0.05) is 48.7 Å². The minimum Gasteiger partial charge on any atom is -0.352 e. The van der Waals surface area contributed by atoms with Crippen molar-refractivity contribution in [2.75, 3.05) is 39.8 Å². The second-order valence-electron chi connectivity index (χ2n) is 10.0. The lowest BCUT2D eigenvalue weighted by molar-refractivity contribution is 0.0301. The molecule has 0 atom stereocenters. The number of likely N-dealkylation sites (tertiary alicyclic amines) is 2. The van der Waals surface area contributed by atoms with Gasteiger partial charge in [-0.05, 0) is 73.0 Å². The van der Waals surface area contributed by atoms with Gasteiger partial charge in [0.1, 0.15) is 0 Å². The number of carbonyl (C=O) groups excluding carboxylic acids is 1. The average molecular weight is 474 g/mol. The zero-order chi connectivity index (χ0) is 23.5. The summed E-state index contributed by atoms with van der Waals surface area (Å²) in [6.45, 7) is 6.60. The number of rotatable bonds is 7. The second-order valence-corrected chi connectivity index (χ2v) is 10.5. The normalized spacial score (nSPS) is 17.6. The summed E-state index contributed by atoms with van der Waals surface area (Å²) in [6.07, 6.45) is 2.16. The smallest absolute Gasteiger partial charge is 0.251 e. The highest BCUT2D eigenvalue weighted by Crippen LogP contribution is 2.39. The molecule has 0 bridgehead atoms. The molecular formula is C29H32ClN3O. The third kappa shape index (κ3) is 5.35. The van der Waals surface area contributed by atoms with E-state index in [4.69, 9.17) is 11.6 Å². The number of carbonyl (C=O) groups is 1. The van der Waals surface area contributed by atoms with Crippen molar-refractivity contribution in [3.63, 3.8) is 0 Å². The first-order chi connectivity index (χ1) is 16.5. The molecule has 2 heterocycles. The molecule has 1 N–H and O–H groups in total. The molecule has 2 saturated heterocycles. The molecule has 4 nitrogen and oxygen atoms in total. The van der Waals surface area contributed by atoms with Crippen LogP contribution in [0.4, 0.5) is 0 Å². The minimum absolute atomic E-state index is 0.0381. The Kier molecular flexibility index (Phi) is 6.73. The van der Waals surface area contributed by atoms with Crippen LogP contribution >= 0.6 is 11.6 Å². The van der Waals surface area contributed by atoms with Crippen LogP contribution < -0.4 is 5.32 Å². The Labute approximate surface area is 207 Å². The molecule has 2 fully saturated rings. The number of benzene rings is 3. The number of halogens is 1. The minimum atomic E-state index is -0.0381. The molecule has 3 aromatic rings. The fourth-order valence-electron chi connectivity index (χ4n) is 5.47. The summed E-state index contributed by atoms with van der Waals surface area (Å²) in [5.41, 5.74) is 6.01. The monoisotopic (exact) mass is 473 g/mol. The van der Waals surface area contributed by atoms with Crippen molar-refractivity contribution in [1.82, 2.24) is 15.1 Å². The van der Waals surface area contributed by atoms with Gasteiger partial charge in [0.05, 0.1) is 0 Å². The number of hydrogen-bond donors (Lipinski definition) is 1. The third-order valence-electron chi connectivity index (χ3n) is 7.18. The third-order valence-corrected chi connectivity index (χ3v) is 7.43. The molecule has 3 aromatic carbocycles.